The Labute approximate surface area is 141 Å². The maximum atomic E-state index is 12.3. The molecule has 2 aromatic rings. The third-order valence-corrected chi connectivity index (χ3v) is 3.98. The van der Waals surface area contributed by atoms with Crippen molar-refractivity contribution in [3.8, 4) is 0 Å². The molecule has 1 aromatic heterocycles. The highest BCUT2D eigenvalue weighted by molar-refractivity contribution is 5.94. The molecule has 5 nitrogen and oxygen atoms in total. The van der Waals surface area contributed by atoms with Crippen LogP contribution in [0.25, 0.3) is 11.0 Å². The highest BCUT2D eigenvalue weighted by atomic mass is 35.5. The van der Waals surface area contributed by atoms with E-state index in [9.17, 15) is 4.79 Å². The Balaban J connectivity index is 0.00000121. The number of halogens is 2. The minimum Gasteiger partial charge on any atom is -0.344 e. The molecule has 120 valence electrons. The van der Waals surface area contributed by atoms with Crippen molar-refractivity contribution < 1.29 is 4.79 Å². The molecule has 1 amide bonds. The third kappa shape index (κ3) is 3.66. The molecule has 1 saturated carbocycles. The molecule has 0 radical (unpaired) electrons. The van der Waals surface area contributed by atoms with E-state index in [-0.39, 0.29) is 36.3 Å². The standard InChI is InChI=1S/C15H18N4O.2ClH/c1-15(9-16,10-6-7-10)19-14(20)13-8-17-11-4-2-3-5-12(11)18-13;;/h2-5,8,10H,6-7,9,16H2,1H3,(H,19,20);2*1H. The molecular formula is C15H20Cl2N4O. The smallest absolute Gasteiger partial charge is 0.271 e. The van der Waals surface area contributed by atoms with Gasteiger partial charge in [0.25, 0.3) is 5.91 Å². The van der Waals surface area contributed by atoms with Crippen LogP contribution in [0.1, 0.15) is 30.3 Å². The van der Waals surface area contributed by atoms with Gasteiger partial charge in [-0.25, -0.2) is 4.98 Å². The summed E-state index contributed by atoms with van der Waals surface area (Å²) in [6.45, 7) is 2.43. The lowest BCUT2D eigenvalue weighted by Gasteiger charge is -2.29. The number of nitrogens with one attached hydrogen (secondary N) is 1. The summed E-state index contributed by atoms with van der Waals surface area (Å²) in [5.41, 5.74) is 7.32. The van der Waals surface area contributed by atoms with Crippen LogP contribution in [0.2, 0.25) is 0 Å². The molecule has 1 atom stereocenters. The van der Waals surface area contributed by atoms with E-state index in [1.54, 1.807) is 0 Å². The Morgan fingerprint density at radius 3 is 2.55 bits per heavy atom. The average molecular weight is 343 g/mol. The van der Waals surface area contributed by atoms with Crippen LogP contribution in [0, 0.1) is 5.92 Å². The molecule has 1 fully saturated rings. The van der Waals surface area contributed by atoms with Crippen LogP contribution in [0.3, 0.4) is 0 Å². The third-order valence-electron chi connectivity index (χ3n) is 3.98. The number of carbonyl (C=O) groups excluding carboxylic acids is 1. The van der Waals surface area contributed by atoms with Gasteiger partial charge in [0.2, 0.25) is 0 Å². The number of carbonyl (C=O) groups is 1. The second kappa shape index (κ2) is 7.22. The molecule has 0 saturated heterocycles. The maximum Gasteiger partial charge on any atom is 0.271 e. The van der Waals surface area contributed by atoms with E-state index in [1.165, 1.54) is 6.20 Å². The van der Waals surface area contributed by atoms with Crippen molar-refractivity contribution in [2.24, 2.45) is 11.7 Å². The van der Waals surface area contributed by atoms with Crippen LogP contribution in [-0.4, -0.2) is 28.0 Å². The molecule has 1 unspecified atom stereocenters. The monoisotopic (exact) mass is 342 g/mol. The van der Waals surface area contributed by atoms with Gasteiger partial charge in [-0.3, -0.25) is 9.78 Å². The van der Waals surface area contributed by atoms with Gasteiger partial charge in [0.05, 0.1) is 22.8 Å². The number of hydrogen-bond donors (Lipinski definition) is 2. The number of rotatable bonds is 4. The summed E-state index contributed by atoms with van der Waals surface area (Å²) in [4.78, 5) is 20.9. The van der Waals surface area contributed by atoms with Crippen LogP contribution < -0.4 is 11.1 Å². The van der Waals surface area contributed by atoms with Gasteiger partial charge in [-0.05, 0) is 37.8 Å². The molecule has 1 aromatic carbocycles. The summed E-state index contributed by atoms with van der Waals surface area (Å²) in [5, 5.41) is 3.02. The van der Waals surface area contributed by atoms with E-state index in [0.717, 1.165) is 23.9 Å². The van der Waals surface area contributed by atoms with Crippen LogP contribution in [0.15, 0.2) is 30.5 Å². The highest BCUT2D eigenvalue weighted by Gasteiger charge is 2.41. The lowest BCUT2D eigenvalue weighted by Crippen LogP contribution is -2.53. The number of nitrogens with two attached hydrogens (primary N) is 1. The molecule has 0 spiro atoms. The number of para-hydroxylation sites is 2. The van der Waals surface area contributed by atoms with Crippen molar-refractivity contribution in [3.63, 3.8) is 0 Å². The van der Waals surface area contributed by atoms with E-state index < -0.39 is 0 Å². The second-order valence-electron chi connectivity index (χ2n) is 5.59. The molecule has 3 rings (SSSR count). The first kappa shape index (κ1) is 18.6. The molecule has 0 aliphatic heterocycles. The van der Waals surface area contributed by atoms with E-state index in [1.807, 2.05) is 31.2 Å². The van der Waals surface area contributed by atoms with Crippen molar-refractivity contribution in [3.05, 3.63) is 36.2 Å². The molecule has 3 N–H and O–H groups in total. The summed E-state index contributed by atoms with van der Waals surface area (Å²) >= 11 is 0. The molecular weight excluding hydrogens is 323 g/mol. The van der Waals surface area contributed by atoms with Gasteiger partial charge in [0.1, 0.15) is 5.69 Å². The number of hydrogen-bond acceptors (Lipinski definition) is 4. The predicted molar refractivity (Wildman–Crippen MR) is 91.7 cm³/mol. The zero-order valence-electron chi connectivity index (χ0n) is 12.3. The number of benzene rings is 1. The largest absolute Gasteiger partial charge is 0.344 e. The summed E-state index contributed by atoms with van der Waals surface area (Å²) in [6.07, 6.45) is 3.76. The van der Waals surface area contributed by atoms with Gasteiger partial charge in [-0.15, -0.1) is 24.8 Å². The Morgan fingerprint density at radius 1 is 1.32 bits per heavy atom. The summed E-state index contributed by atoms with van der Waals surface area (Å²) in [6, 6.07) is 7.50. The van der Waals surface area contributed by atoms with E-state index in [2.05, 4.69) is 15.3 Å². The van der Waals surface area contributed by atoms with Crippen molar-refractivity contribution in [1.29, 1.82) is 0 Å². The summed E-state index contributed by atoms with van der Waals surface area (Å²) in [5.74, 6) is 0.271. The minimum atomic E-state index is -0.343. The van der Waals surface area contributed by atoms with Crippen LogP contribution in [0.4, 0.5) is 0 Å². The van der Waals surface area contributed by atoms with Crippen molar-refractivity contribution in [1.82, 2.24) is 15.3 Å². The summed E-state index contributed by atoms with van der Waals surface area (Å²) < 4.78 is 0. The van der Waals surface area contributed by atoms with Crippen molar-refractivity contribution in [2.75, 3.05) is 6.54 Å². The van der Waals surface area contributed by atoms with Gasteiger partial charge in [-0.1, -0.05) is 12.1 Å². The lowest BCUT2D eigenvalue weighted by molar-refractivity contribution is 0.0892. The SMILES string of the molecule is CC(CN)(NC(=O)c1cnc2ccccc2n1)C1CC1.Cl.Cl. The zero-order chi connectivity index (χ0) is 14.2. The van der Waals surface area contributed by atoms with Crippen LogP contribution in [-0.2, 0) is 0 Å². The zero-order valence-corrected chi connectivity index (χ0v) is 13.9. The van der Waals surface area contributed by atoms with Crippen LogP contribution >= 0.6 is 24.8 Å². The quantitative estimate of drug-likeness (QED) is 0.893. The maximum absolute atomic E-state index is 12.3. The molecule has 22 heavy (non-hydrogen) atoms. The molecule has 7 heteroatoms. The van der Waals surface area contributed by atoms with Gasteiger partial charge in [0.15, 0.2) is 0 Å². The first-order valence-corrected chi connectivity index (χ1v) is 6.87. The topological polar surface area (TPSA) is 80.9 Å². The Morgan fingerprint density at radius 2 is 1.95 bits per heavy atom. The van der Waals surface area contributed by atoms with E-state index in [4.69, 9.17) is 5.73 Å². The predicted octanol–water partition coefficient (Wildman–Crippen LogP) is 2.33. The molecule has 1 aliphatic carbocycles. The van der Waals surface area contributed by atoms with Crippen molar-refractivity contribution in [2.45, 2.75) is 25.3 Å². The number of fused-ring (bicyclic) bond motifs is 1. The lowest BCUT2D eigenvalue weighted by atomic mass is 9.96. The molecule has 1 aliphatic rings. The fourth-order valence-corrected chi connectivity index (χ4v) is 2.43. The molecule has 0 bridgehead atoms. The normalized spacial score (nSPS) is 16.1. The number of aromatic nitrogens is 2. The first-order valence-electron chi connectivity index (χ1n) is 6.87. The Hall–Kier alpha value is -1.43. The average Bonchev–Trinajstić information content (AvgIpc) is 3.31. The number of amides is 1. The fourth-order valence-electron chi connectivity index (χ4n) is 2.43. The first-order chi connectivity index (χ1) is 9.62. The highest BCUT2D eigenvalue weighted by Crippen LogP contribution is 2.39. The summed E-state index contributed by atoms with van der Waals surface area (Å²) in [7, 11) is 0. The van der Waals surface area contributed by atoms with Crippen molar-refractivity contribution >= 4 is 41.8 Å². The van der Waals surface area contributed by atoms with Gasteiger partial charge >= 0.3 is 0 Å². The Kier molecular flexibility index (Phi) is 6.11. The molecule has 1 heterocycles. The van der Waals surface area contributed by atoms with E-state index in [0.29, 0.717) is 18.2 Å². The Bertz CT molecular complexity index is 663. The number of nitrogens with zero attached hydrogens (tertiary/aromatic N) is 2. The van der Waals surface area contributed by atoms with E-state index >= 15 is 0 Å². The van der Waals surface area contributed by atoms with Gasteiger partial charge < -0.3 is 11.1 Å². The van der Waals surface area contributed by atoms with Gasteiger partial charge in [-0.2, -0.15) is 0 Å². The second-order valence-corrected chi connectivity index (χ2v) is 5.59. The van der Waals surface area contributed by atoms with Crippen LogP contribution in [0.5, 0.6) is 0 Å². The fraction of sp³-hybridized carbons (Fsp3) is 0.400. The minimum absolute atomic E-state index is 0. The van der Waals surface area contributed by atoms with Gasteiger partial charge in [0, 0.05) is 6.54 Å².